The minimum Gasteiger partial charge on any atom is -0.373 e. The van der Waals surface area contributed by atoms with E-state index in [9.17, 15) is 0 Å². The van der Waals surface area contributed by atoms with E-state index in [1.165, 1.54) is 6.33 Å². The molecule has 1 heterocycles. The van der Waals surface area contributed by atoms with E-state index in [-0.39, 0.29) is 0 Å². The molecule has 0 aliphatic carbocycles. The third kappa shape index (κ3) is 2.35. The lowest BCUT2D eigenvalue weighted by atomic mass is 10.1. The molecule has 0 spiro atoms. The molecule has 0 saturated carbocycles. The molecule has 1 aromatic heterocycles. The Bertz CT molecular complexity index is 555. The first-order valence-electron chi connectivity index (χ1n) is 5.08. The summed E-state index contributed by atoms with van der Waals surface area (Å²) < 4.78 is 0. The lowest BCUT2D eigenvalue weighted by molar-refractivity contribution is 1.13. The van der Waals surface area contributed by atoms with Crippen LogP contribution in [-0.4, -0.2) is 17.0 Å². The van der Waals surface area contributed by atoms with Gasteiger partial charge in [0.1, 0.15) is 12.1 Å². The Kier molecular flexibility index (Phi) is 3.50. The largest absolute Gasteiger partial charge is 0.373 e. The molecule has 2 aromatic rings. The van der Waals surface area contributed by atoms with Crippen LogP contribution in [0.4, 0.5) is 5.82 Å². The normalized spacial score (nSPS) is 10.4. The number of anilines is 1. The maximum Gasteiger partial charge on any atom is 0.132 e. The van der Waals surface area contributed by atoms with E-state index in [1.54, 1.807) is 12.1 Å². The van der Waals surface area contributed by atoms with Gasteiger partial charge in [-0.25, -0.2) is 9.97 Å². The Morgan fingerprint density at radius 2 is 1.94 bits per heavy atom. The van der Waals surface area contributed by atoms with Crippen LogP contribution in [0.15, 0.2) is 24.5 Å². The van der Waals surface area contributed by atoms with Crippen molar-refractivity contribution < 1.29 is 0 Å². The summed E-state index contributed by atoms with van der Waals surface area (Å²) in [6.45, 7) is 1.95. The second kappa shape index (κ2) is 4.90. The summed E-state index contributed by atoms with van der Waals surface area (Å²) in [5.41, 5.74) is 2.62. The average molecular weight is 268 g/mol. The molecule has 0 saturated heterocycles. The maximum atomic E-state index is 6.17. The van der Waals surface area contributed by atoms with Crippen LogP contribution in [-0.2, 0) is 0 Å². The van der Waals surface area contributed by atoms with E-state index < -0.39 is 0 Å². The van der Waals surface area contributed by atoms with E-state index in [0.717, 1.165) is 22.6 Å². The summed E-state index contributed by atoms with van der Waals surface area (Å²) in [5, 5.41) is 4.21. The number of aromatic nitrogens is 2. The summed E-state index contributed by atoms with van der Waals surface area (Å²) in [6, 6.07) is 5.36. The molecule has 1 N–H and O–H groups in total. The second-order valence-electron chi connectivity index (χ2n) is 3.57. The van der Waals surface area contributed by atoms with E-state index in [0.29, 0.717) is 10.0 Å². The Morgan fingerprint density at radius 1 is 1.18 bits per heavy atom. The minimum atomic E-state index is 0.585. The molecule has 17 heavy (non-hydrogen) atoms. The summed E-state index contributed by atoms with van der Waals surface area (Å²) in [7, 11) is 1.82. The van der Waals surface area contributed by atoms with Gasteiger partial charge in [-0.05, 0) is 25.1 Å². The Morgan fingerprint density at radius 3 is 2.59 bits per heavy atom. The lowest BCUT2D eigenvalue weighted by Crippen LogP contribution is -1.99. The third-order valence-corrected chi connectivity index (χ3v) is 3.05. The van der Waals surface area contributed by atoms with Gasteiger partial charge in [0.15, 0.2) is 0 Å². The van der Waals surface area contributed by atoms with Gasteiger partial charge >= 0.3 is 0 Å². The number of hydrogen-bond donors (Lipinski definition) is 1. The van der Waals surface area contributed by atoms with Crippen molar-refractivity contribution in [3.63, 3.8) is 0 Å². The van der Waals surface area contributed by atoms with Crippen LogP contribution in [0.1, 0.15) is 5.56 Å². The number of nitrogens with one attached hydrogen (secondary N) is 1. The first-order chi connectivity index (χ1) is 8.13. The Labute approximate surface area is 110 Å². The molecule has 0 fully saturated rings. The molecule has 0 radical (unpaired) electrons. The van der Waals surface area contributed by atoms with Gasteiger partial charge in [-0.2, -0.15) is 0 Å². The van der Waals surface area contributed by atoms with Gasteiger partial charge in [-0.15, -0.1) is 0 Å². The van der Waals surface area contributed by atoms with Crippen molar-refractivity contribution in [3.05, 3.63) is 40.1 Å². The summed E-state index contributed by atoms with van der Waals surface area (Å²) in [6.07, 6.45) is 1.51. The highest BCUT2D eigenvalue weighted by Crippen LogP contribution is 2.32. The zero-order valence-electron chi connectivity index (χ0n) is 9.46. The smallest absolute Gasteiger partial charge is 0.132 e. The van der Waals surface area contributed by atoms with Crippen molar-refractivity contribution in [2.45, 2.75) is 6.92 Å². The second-order valence-corrected chi connectivity index (χ2v) is 4.41. The molecule has 0 bridgehead atoms. The van der Waals surface area contributed by atoms with Crippen molar-refractivity contribution in [1.82, 2.24) is 9.97 Å². The van der Waals surface area contributed by atoms with Gasteiger partial charge < -0.3 is 5.32 Å². The number of halogens is 2. The monoisotopic (exact) mass is 267 g/mol. The standard InChI is InChI=1S/C12H11Cl2N3/c1-7-11(16-6-17-12(7)15-2)9-4-3-8(13)5-10(9)14/h3-6H,1-2H3,(H,15,16,17). The molecule has 0 aliphatic heterocycles. The summed E-state index contributed by atoms with van der Waals surface area (Å²) >= 11 is 12.0. The molecular weight excluding hydrogens is 257 g/mol. The van der Waals surface area contributed by atoms with E-state index in [1.807, 2.05) is 20.0 Å². The van der Waals surface area contributed by atoms with Gasteiger partial charge in [0.2, 0.25) is 0 Å². The van der Waals surface area contributed by atoms with Crippen LogP contribution < -0.4 is 5.32 Å². The molecule has 0 unspecified atom stereocenters. The number of nitrogens with zero attached hydrogens (tertiary/aromatic N) is 2. The van der Waals surface area contributed by atoms with Gasteiger partial charge in [0.05, 0.1) is 10.7 Å². The fourth-order valence-electron chi connectivity index (χ4n) is 1.66. The highest BCUT2D eigenvalue weighted by atomic mass is 35.5. The van der Waals surface area contributed by atoms with Crippen LogP contribution >= 0.6 is 23.2 Å². The molecule has 3 nitrogen and oxygen atoms in total. The van der Waals surface area contributed by atoms with Crippen molar-refractivity contribution in [1.29, 1.82) is 0 Å². The highest BCUT2D eigenvalue weighted by molar-refractivity contribution is 6.36. The zero-order valence-corrected chi connectivity index (χ0v) is 11.0. The summed E-state index contributed by atoms with van der Waals surface area (Å²) in [5.74, 6) is 0.793. The third-order valence-electron chi connectivity index (χ3n) is 2.51. The molecule has 0 aliphatic rings. The van der Waals surface area contributed by atoms with Crippen molar-refractivity contribution in [2.75, 3.05) is 12.4 Å². The fraction of sp³-hybridized carbons (Fsp3) is 0.167. The SMILES string of the molecule is CNc1ncnc(-c2ccc(Cl)cc2Cl)c1C. The van der Waals surface area contributed by atoms with E-state index >= 15 is 0 Å². The predicted octanol–water partition coefficient (Wildman–Crippen LogP) is 3.80. The van der Waals surface area contributed by atoms with Gasteiger partial charge in [-0.3, -0.25) is 0 Å². The number of rotatable bonds is 2. The maximum absolute atomic E-state index is 6.17. The van der Waals surface area contributed by atoms with Crippen LogP contribution in [0, 0.1) is 6.92 Å². The minimum absolute atomic E-state index is 0.585. The summed E-state index contributed by atoms with van der Waals surface area (Å²) in [4.78, 5) is 8.41. The quantitative estimate of drug-likeness (QED) is 0.900. The van der Waals surface area contributed by atoms with Crippen LogP contribution in [0.2, 0.25) is 10.0 Å². The Balaban J connectivity index is 2.60. The molecule has 0 amide bonds. The molecule has 5 heteroatoms. The highest BCUT2D eigenvalue weighted by Gasteiger charge is 2.11. The van der Waals surface area contributed by atoms with Crippen LogP contribution in [0.25, 0.3) is 11.3 Å². The molecule has 1 aromatic carbocycles. The van der Waals surface area contributed by atoms with Crippen molar-refractivity contribution in [3.8, 4) is 11.3 Å². The van der Waals surface area contributed by atoms with Gasteiger partial charge in [-0.1, -0.05) is 23.2 Å². The molecule has 2 rings (SSSR count). The van der Waals surface area contributed by atoms with Crippen LogP contribution in [0.3, 0.4) is 0 Å². The zero-order chi connectivity index (χ0) is 12.4. The van der Waals surface area contributed by atoms with Gasteiger partial charge in [0.25, 0.3) is 0 Å². The van der Waals surface area contributed by atoms with E-state index in [4.69, 9.17) is 23.2 Å². The molecule has 0 atom stereocenters. The number of hydrogen-bond acceptors (Lipinski definition) is 3. The Hall–Kier alpha value is -1.32. The first-order valence-corrected chi connectivity index (χ1v) is 5.84. The molecular formula is C12H11Cl2N3. The van der Waals surface area contributed by atoms with Crippen molar-refractivity contribution in [2.24, 2.45) is 0 Å². The lowest BCUT2D eigenvalue weighted by Gasteiger charge is -2.10. The average Bonchev–Trinajstić information content (AvgIpc) is 2.30. The predicted molar refractivity (Wildman–Crippen MR) is 71.8 cm³/mol. The topological polar surface area (TPSA) is 37.8 Å². The van der Waals surface area contributed by atoms with Crippen LogP contribution in [0.5, 0.6) is 0 Å². The fourth-order valence-corrected chi connectivity index (χ4v) is 2.15. The van der Waals surface area contributed by atoms with Gasteiger partial charge in [0, 0.05) is 23.2 Å². The number of benzene rings is 1. The van der Waals surface area contributed by atoms with Crippen molar-refractivity contribution >= 4 is 29.0 Å². The first kappa shape index (κ1) is 12.1. The van der Waals surface area contributed by atoms with E-state index in [2.05, 4.69) is 15.3 Å². The molecule has 88 valence electrons.